The van der Waals surface area contributed by atoms with Gasteiger partial charge < -0.3 is 10.7 Å². The van der Waals surface area contributed by atoms with Gasteiger partial charge in [0.05, 0.1) is 21.8 Å². The largest absolute Gasteiger partial charge is 0.417 e. The van der Waals surface area contributed by atoms with Crippen LogP contribution in [0, 0.1) is 5.82 Å². The Kier molecular flexibility index (Phi) is 6.06. The number of halogens is 8. The molecule has 1 aromatic heterocycles. The molecule has 0 aliphatic rings. The minimum Gasteiger partial charge on any atom is -0.354 e. The molecule has 2 nitrogen and oxygen atoms in total. The van der Waals surface area contributed by atoms with Crippen molar-refractivity contribution >= 4 is 22.5 Å². The van der Waals surface area contributed by atoms with E-state index in [4.69, 9.17) is 17.3 Å². The van der Waals surface area contributed by atoms with Crippen LogP contribution in [0.25, 0.3) is 22.2 Å². The van der Waals surface area contributed by atoms with Gasteiger partial charge >= 0.3 is 12.4 Å². The minimum atomic E-state index is -5.02. The fourth-order valence-electron chi connectivity index (χ4n) is 3.41. The Hall–Kier alpha value is -2.26. The molecule has 0 fully saturated rings. The highest BCUT2D eigenvalue weighted by Crippen LogP contribution is 2.44. The van der Waals surface area contributed by atoms with Crippen LogP contribution >= 0.6 is 11.6 Å². The van der Waals surface area contributed by atoms with Crippen LogP contribution in [0.3, 0.4) is 0 Å². The van der Waals surface area contributed by atoms with Crippen molar-refractivity contribution in [3.63, 3.8) is 0 Å². The molecular formula is C20H16ClF7N2. The van der Waals surface area contributed by atoms with E-state index in [-0.39, 0.29) is 45.2 Å². The minimum absolute atomic E-state index is 0.0776. The van der Waals surface area contributed by atoms with Crippen molar-refractivity contribution < 1.29 is 30.7 Å². The zero-order valence-electron chi connectivity index (χ0n) is 15.3. The van der Waals surface area contributed by atoms with E-state index in [2.05, 4.69) is 4.98 Å². The van der Waals surface area contributed by atoms with E-state index in [0.717, 1.165) is 12.1 Å². The van der Waals surface area contributed by atoms with E-state index in [0.29, 0.717) is 25.5 Å². The third-order valence-corrected chi connectivity index (χ3v) is 5.03. The summed E-state index contributed by atoms with van der Waals surface area (Å²) in [6.07, 6.45) is -8.95. The standard InChI is InChI=1S/C20H16ClF7N2/c21-15-9-11(22)4-5-12(15)18-13(3-1-2-6-29)17-14(20(26,27)28)7-10(19(23,24)25)8-16(17)30-18/h4-5,7-9,30H,1-3,6,29H2. The van der Waals surface area contributed by atoms with E-state index in [9.17, 15) is 30.7 Å². The number of hydrogen-bond acceptors (Lipinski definition) is 1. The molecule has 0 atom stereocenters. The van der Waals surface area contributed by atoms with Gasteiger partial charge in [-0.1, -0.05) is 11.6 Å². The van der Waals surface area contributed by atoms with Crippen LogP contribution in [0.5, 0.6) is 0 Å². The van der Waals surface area contributed by atoms with Crippen LogP contribution in [0.1, 0.15) is 29.5 Å². The summed E-state index contributed by atoms with van der Waals surface area (Å²) >= 11 is 6.08. The molecule has 0 bridgehead atoms. The van der Waals surface area contributed by atoms with Crippen LogP contribution in [-0.2, 0) is 18.8 Å². The number of H-pyrrole nitrogens is 1. The number of aromatic nitrogens is 1. The molecule has 30 heavy (non-hydrogen) atoms. The number of benzene rings is 2. The molecular weight excluding hydrogens is 437 g/mol. The van der Waals surface area contributed by atoms with Crippen LogP contribution in [0.2, 0.25) is 5.02 Å². The predicted octanol–water partition coefficient (Wildman–Crippen LogP) is 6.95. The average molecular weight is 453 g/mol. The van der Waals surface area contributed by atoms with Crippen molar-refractivity contribution in [2.45, 2.75) is 31.6 Å². The molecule has 3 rings (SSSR count). The highest BCUT2D eigenvalue weighted by Gasteiger charge is 2.39. The van der Waals surface area contributed by atoms with Crippen molar-refractivity contribution in [3.8, 4) is 11.3 Å². The summed E-state index contributed by atoms with van der Waals surface area (Å²) in [5, 5.41) is -0.436. The number of nitrogens with two attached hydrogens (primary N) is 1. The molecule has 10 heteroatoms. The first-order valence-electron chi connectivity index (χ1n) is 8.92. The second-order valence-electron chi connectivity index (χ2n) is 6.79. The number of aromatic amines is 1. The van der Waals surface area contributed by atoms with E-state index in [1.165, 1.54) is 6.07 Å². The van der Waals surface area contributed by atoms with Gasteiger partial charge in [-0.2, -0.15) is 26.3 Å². The molecule has 1 heterocycles. The first-order chi connectivity index (χ1) is 13.9. The number of nitrogens with one attached hydrogen (secondary N) is 1. The summed E-state index contributed by atoms with van der Waals surface area (Å²) in [7, 11) is 0. The van der Waals surface area contributed by atoms with Crippen molar-refractivity contribution in [1.29, 1.82) is 0 Å². The van der Waals surface area contributed by atoms with Gasteiger partial charge in [0.25, 0.3) is 0 Å². The third-order valence-electron chi connectivity index (χ3n) is 4.72. The second-order valence-corrected chi connectivity index (χ2v) is 7.20. The molecule has 0 spiro atoms. The zero-order valence-corrected chi connectivity index (χ0v) is 16.1. The van der Waals surface area contributed by atoms with Gasteiger partial charge in [0.2, 0.25) is 0 Å². The fourth-order valence-corrected chi connectivity index (χ4v) is 3.67. The number of alkyl halides is 6. The quantitative estimate of drug-likeness (QED) is 0.319. The Balaban J connectivity index is 2.37. The highest BCUT2D eigenvalue weighted by molar-refractivity contribution is 6.33. The summed E-state index contributed by atoms with van der Waals surface area (Å²) in [6, 6.07) is 4.07. The highest BCUT2D eigenvalue weighted by atomic mass is 35.5. The molecule has 0 radical (unpaired) electrons. The van der Waals surface area contributed by atoms with Crippen LogP contribution in [0.4, 0.5) is 30.7 Å². The van der Waals surface area contributed by atoms with Gasteiger partial charge in [0.15, 0.2) is 0 Å². The lowest BCUT2D eigenvalue weighted by Crippen LogP contribution is -2.11. The Morgan fingerprint density at radius 3 is 2.20 bits per heavy atom. The number of fused-ring (bicyclic) bond motifs is 1. The van der Waals surface area contributed by atoms with Crippen molar-refractivity contribution in [3.05, 3.63) is 57.9 Å². The van der Waals surface area contributed by atoms with Gasteiger partial charge in [0, 0.05) is 16.5 Å². The van der Waals surface area contributed by atoms with Gasteiger partial charge in [-0.05, 0) is 61.7 Å². The van der Waals surface area contributed by atoms with Gasteiger partial charge in [0.1, 0.15) is 5.82 Å². The van der Waals surface area contributed by atoms with Crippen LogP contribution < -0.4 is 5.73 Å². The van der Waals surface area contributed by atoms with Gasteiger partial charge in [-0.25, -0.2) is 4.39 Å². The molecule has 2 aromatic carbocycles. The van der Waals surface area contributed by atoms with E-state index in [1.54, 1.807) is 0 Å². The molecule has 162 valence electrons. The normalized spacial score (nSPS) is 12.7. The maximum Gasteiger partial charge on any atom is 0.417 e. The summed E-state index contributed by atoms with van der Waals surface area (Å²) < 4.78 is 94.2. The Morgan fingerprint density at radius 1 is 0.933 bits per heavy atom. The lowest BCUT2D eigenvalue weighted by atomic mass is 9.96. The molecule has 0 unspecified atom stereocenters. The van der Waals surface area contributed by atoms with Crippen molar-refractivity contribution in [1.82, 2.24) is 4.98 Å². The summed E-state index contributed by atoms with van der Waals surface area (Å²) in [4.78, 5) is 2.65. The lowest BCUT2D eigenvalue weighted by Gasteiger charge is -2.14. The van der Waals surface area contributed by atoms with Crippen molar-refractivity contribution in [2.24, 2.45) is 5.73 Å². The average Bonchev–Trinajstić information content (AvgIpc) is 2.98. The molecule has 0 saturated carbocycles. The summed E-state index contributed by atoms with van der Waals surface area (Å²) in [5.74, 6) is -0.653. The van der Waals surface area contributed by atoms with Gasteiger partial charge in [-0.15, -0.1) is 0 Å². The van der Waals surface area contributed by atoms with Crippen LogP contribution in [0.15, 0.2) is 30.3 Å². The SMILES string of the molecule is NCCCCc1c(-c2ccc(F)cc2Cl)[nH]c2cc(C(F)(F)F)cc(C(F)(F)F)c12. The maximum atomic E-state index is 13.7. The first-order valence-corrected chi connectivity index (χ1v) is 9.29. The van der Waals surface area contributed by atoms with Crippen LogP contribution in [-0.4, -0.2) is 11.5 Å². The first kappa shape index (κ1) is 22.4. The number of rotatable bonds is 5. The molecule has 0 aliphatic heterocycles. The van der Waals surface area contributed by atoms with Crippen molar-refractivity contribution in [2.75, 3.05) is 6.54 Å². The number of unbranched alkanes of at least 4 members (excludes halogenated alkanes) is 1. The Labute approximate surface area is 171 Å². The molecule has 3 aromatic rings. The maximum absolute atomic E-state index is 13.7. The lowest BCUT2D eigenvalue weighted by molar-refractivity contribution is -0.142. The Morgan fingerprint density at radius 2 is 1.63 bits per heavy atom. The monoisotopic (exact) mass is 452 g/mol. The number of aryl methyl sites for hydroxylation is 1. The third kappa shape index (κ3) is 4.41. The van der Waals surface area contributed by atoms with E-state index >= 15 is 0 Å². The van der Waals surface area contributed by atoms with Gasteiger partial charge in [-0.3, -0.25) is 0 Å². The fraction of sp³-hybridized carbons (Fsp3) is 0.300. The number of hydrogen-bond donors (Lipinski definition) is 2. The molecule has 0 aliphatic carbocycles. The summed E-state index contributed by atoms with van der Waals surface area (Å²) in [6.45, 7) is 0.305. The zero-order chi connectivity index (χ0) is 22.3. The predicted molar refractivity (Wildman–Crippen MR) is 101 cm³/mol. The topological polar surface area (TPSA) is 41.8 Å². The van der Waals surface area contributed by atoms with E-state index in [1.807, 2.05) is 0 Å². The second kappa shape index (κ2) is 8.11. The molecule has 0 amide bonds. The van der Waals surface area contributed by atoms with E-state index < -0.39 is 29.3 Å². The summed E-state index contributed by atoms with van der Waals surface area (Å²) in [5.41, 5.74) is 2.80. The Bertz CT molecular complexity index is 1070. The molecule has 3 N–H and O–H groups in total. The smallest absolute Gasteiger partial charge is 0.354 e. The molecule has 0 saturated heterocycles.